The number of carbonyl (C=O) groups excluding carboxylic acids is 2. The number of ether oxygens (including phenoxy) is 3. The summed E-state index contributed by atoms with van der Waals surface area (Å²) in [5.74, 6) is 0.463. The number of nitrogens with one attached hydrogen (secondary N) is 1. The number of methoxy groups -OCH3 is 2. The van der Waals surface area contributed by atoms with Crippen molar-refractivity contribution in [1.29, 1.82) is 0 Å². The third kappa shape index (κ3) is 4.56. The van der Waals surface area contributed by atoms with Crippen LogP contribution >= 0.6 is 11.6 Å². The first-order chi connectivity index (χ1) is 16.4. The fourth-order valence-corrected chi connectivity index (χ4v) is 3.71. The summed E-state index contributed by atoms with van der Waals surface area (Å²) in [6, 6.07) is 18.8. The number of hydrogen-bond acceptors (Lipinski definition) is 6. The molecule has 0 saturated heterocycles. The van der Waals surface area contributed by atoms with Gasteiger partial charge >= 0.3 is 0 Å². The van der Waals surface area contributed by atoms with Crippen molar-refractivity contribution in [2.24, 2.45) is 0 Å². The maximum Gasteiger partial charge on any atom is 0.265 e. The number of halogens is 1. The number of hydrogen-bond donors (Lipinski definition) is 1. The molecule has 4 aromatic rings. The van der Waals surface area contributed by atoms with Gasteiger partial charge in [0.2, 0.25) is 5.78 Å². The normalized spacial score (nSPS) is 11.6. The zero-order valence-electron chi connectivity index (χ0n) is 18.8. The van der Waals surface area contributed by atoms with Crippen molar-refractivity contribution >= 4 is 39.9 Å². The van der Waals surface area contributed by atoms with Gasteiger partial charge in [-0.25, -0.2) is 0 Å². The zero-order valence-corrected chi connectivity index (χ0v) is 19.5. The molecule has 34 heavy (non-hydrogen) atoms. The number of para-hydroxylation sites is 3. The lowest BCUT2D eigenvalue weighted by Crippen LogP contribution is -2.30. The molecule has 1 N–H and O–H groups in total. The van der Waals surface area contributed by atoms with Gasteiger partial charge < -0.3 is 23.9 Å². The first kappa shape index (κ1) is 23.2. The van der Waals surface area contributed by atoms with E-state index in [-0.39, 0.29) is 16.5 Å². The van der Waals surface area contributed by atoms with E-state index in [0.29, 0.717) is 33.8 Å². The van der Waals surface area contributed by atoms with E-state index in [0.717, 1.165) is 0 Å². The Bertz CT molecular complexity index is 1360. The van der Waals surface area contributed by atoms with Crippen molar-refractivity contribution in [1.82, 2.24) is 0 Å². The molecule has 0 fully saturated rings. The monoisotopic (exact) mass is 479 g/mol. The largest absolute Gasteiger partial charge is 0.495 e. The van der Waals surface area contributed by atoms with Crippen molar-refractivity contribution in [3.8, 4) is 17.2 Å². The number of carbonyl (C=O) groups is 2. The summed E-state index contributed by atoms with van der Waals surface area (Å²) in [5.41, 5.74) is 1.01. The first-order valence-electron chi connectivity index (χ1n) is 10.4. The van der Waals surface area contributed by atoms with Crippen LogP contribution in [0, 0.1) is 0 Å². The number of amides is 1. The minimum absolute atomic E-state index is 0.0136. The summed E-state index contributed by atoms with van der Waals surface area (Å²) in [7, 11) is 3.01. The molecule has 1 amide bonds. The fraction of sp³-hybridized carbons (Fsp3) is 0.154. The van der Waals surface area contributed by atoms with Crippen LogP contribution in [0.5, 0.6) is 17.2 Å². The molecule has 0 aliphatic heterocycles. The number of anilines is 1. The molecule has 174 valence electrons. The lowest BCUT2D eigenvalue weighted by atomic mass is 10.1. The van der Waals surface area contributed by atoms with E-state index in [1.54, 1.807) is 67.6 Å². The van der Waals surface area contributed by atoms with Gasteiger partial charge in [0.1, 0.15) is 11.3 Å². The molecule has 1 atom stereocenters. The second kappa shape index (κ2) is 9.89. The number of fused-ring (bicyclic) bond motifs is 1. The van der Waals surface area contributed by atoms with Crippen molar-refractivity contribution in [3.63, 3.8) is 0 Å². The minimum atomic E-state index is -0.886. The first-order valence-corrected chi connectivity index (χ1v) is 10.8. The molecule has 1 aromatic heterocycles. The maximum absolute atomic E-state index is 13.3. The van der Waals surface area contributed by atoms with E-state index in [9.17, 15) is 9.59 Å². The Morgan fingerprint density at radius 1 is 0.912 bits per heavy atom. The Balaban J connectivity index is 1.65. The van der Waals surface area contributed by atoms with Gasteiger partial charge in [0, 0.05) is 10.9 Å². The second-order valence-electron chi connectivity index (χ2n) is 7.38. The predicted molar refractivity (Wildman–Crippen MR) is 129 cm³/mol. The number of rotatable bonds is 8. The average molecular weight is 480 g/mol. The lowest BCUT2D eigenvalue weighted by Gasteiger charge is -2.16. The Kier molecular flexibility index (Phi) is 6.75. The minimum Gasteiger partial charge on any atom is -0.495 e. The predicted octanol–water partition coefficient (Wildman–Crippen LogP) is 5.74. The molecule has 4 rings (SSSR count). The SMILES string of the molecule is COc1ccc(C(=O)c2oc3ccccc3c2NC(=O)C(C)Oc2ccccc2OC)cc1Cl. The van der Waals surface area contributed by atoms with Crippen LogP contribution < -0.4 is 19.5 Å². The molecule has 1 heterocycles. The Labute approximate surface area is 201 Å². The van der Waals surface area contributed by atoms with Gasteiger partial charge in [-0.2, -0.15) is 0 Å². The van der Waals surface area contributed by atoms with Gasteiger partial charge in [0.25, 0.3) is 5.91 Å². The van der Waals surface area contributed by atoms with E-state index in [2.05, 4.69) is 5.32 Å². The van der Waals surface area contributed by atoms with E-state index in [1.807, 2.05) is 0 Å². The molecular formula is C26H22ClNO6. The van der Waals surface area contributed by atoms with Crippen LogP contribution in [0.25, 0.3) is 11.0 Å². The molecule has 0 spiro atoms. The van der Waals surface area contributed by atoms with E-state index in [4.69, 9.17) is 30.2 Å². The average Bonchev–Trinajstić information content (AvgIpc) is 3.22. The number of furan rings is 1. The molecule has 7 nitrogen and oxygen atoms in total. The van der Waals surface area contributed by atoms with E-state index < -0.39 is 17.8 Å². The van der Waals surface area contributed by atoms with Crippen LogP contribution in [0.3, 0.4) is 0 Å². The highest BCUT2D eigenvalue weighted by Gasteiger charge is 2.26. The van der Waals surface area contributed by atoms with Crippen molar-refractivity contribution < 1.29 is 28.2 Å². The zero-order chi connectivity index (χ0) is 24.2. The third-order valence-corrected chi connectivity index (χ3v) is 5.50. The van der Waals surface area contributed by atoms with Crippen LogP contribution in [0.15, 0.2) is 71.1 Å². The Morgan fingerprint density at radius 2 is 1.59 bits per heavy atom. The Morgan fingerprint density at radius 3 is 2.29 bits per heavy atom. The van der Waals surface area contributed by atoms with Gasteiger partial charge in [-0.15, -0.1) is 0 Å². The van der Waals surface area contributed by atoms with Crippen LogP contribution in [0.1, 0.15) is 23.0 Å². The highest BCUT2D eigenvalue weighted by molar-refractivity contribution is 6.32. The molecule has 0 saturated carbocycles. The smallest absolute Gasteiger partial charge is 0.265 e. The summed E-state index contributed by atoms with van der Waals surface area (Å²) in [6.07, 6.45) is -0.886. The summed E-state index contributed by atoms with van der Waals surface area (Å²) in [5, 5.41) is 3.67. The lowest BCUT2D eigenvalue weighted by molar-refractivity contribution is -0.122. The highest BCUT2D eigenvalue weighted by Crippen LogP contribution is 2.34. The molecule has 0 radical (unpaired) electrons. The summed E-state index contributed by atoms with van der Waals surface area (Å²) >= 11 is 6.20. The van der Waals surface area contributed by atoms with E-state index >= 15 is 0 Å². The highest BCUT2D eigenvalue weighted by atomic mass is 35.5. The molecular weight excluding hydrogens is 458 g/mol. The molecule has 0 aliphatic carbocycles. The van der Waals surface area contributed by atoms with Crippen LogP contribution in [-0.2, 0) is 4.79 Å². The van der Waals surface area contributed by atoms with Crippen LogP contribution in [0.2, 0.25) is 5.02 Å². The maximum atomic E-state index is 13.3. The van der Waals surface area contributed by atoms with Gasteiger partial charge in [-0.05, 0) is 49.4 Å². The molecule has 1 unspecified atom stereocenters. The van der Waals surface area contributed by atoms with Crippen molar-refractivity contribution in [2.45, 2.75) is 13.0 Å². The number of ketones is 1. The molecule has 8 heteroatoms. The standard InChI is InChI=1S/C26H22ClNO6/c1-15(33-22-11-7-6-10-21(22)32-3)26(30)28-23-17-8-4-5-9-19(17)34-25(23)24(29)16-12-13-20(31-2)18(27)14-16/h4-15H,1-3H3,(H,28,30). The molecule has 0 bridgehead atoms. The Hall–Kier alpha value is -3.97. The van der Waals surface area contributed by atoms with Crippen LogP contribution in [-0.4, -0.2) is 32.0 Å². The van der Waals surface area contributed by atoms with Gasteiger partial charge in [-0.1, -0.05) is 35.9 Å². The van der Waals surface area contributed by atoms with Gasteiger partial charge in [0.05, 0.1) is 24.9 Å². The fourth-order valence-electron chi connectivity index (χ4n) is 3.45. The summed E-state index contributed by atoms with van der Waals surface area (Å²) < 4.78 is 22.1. The summed E-state index contributed by atoms with van der Waals surface area (Å²) in [4.78, 5) is 26.4. The van der Waals surface area contributed by atoms with Crippen molar-refractivity contribution in [3.05, 3.63) is 83.1 Å². The third-order valence-electron chi connectivity index (χ3n) is 5.21. The number of benzene rings is 3. The van der Waals surface area contributed by atoms with Gasteiger partial charge in [0.15, 0.2) is 23.4 Å². The van der Waals surface area contributed by atoms with Crippen molar-refractivity contribution in [2.75, 3.05) is 19.5 Å². The van der Waals surface area contributed by atoms with Gasteiger partial charge in [-0.3, -0.25) is 9.59 Å². The van der Waals surface area contributed by atoms with Crippen LogP contribution in [0.4, 0.5) is 5.69 Å². The summed E-state index contributed by atoms with van der Waals surface area (Å²) in [6.45, 7) is 1.61. The molecule has 3 aromatic carbocycles. The van der Waals surface area contributed by atoms with E-state index in [1.165, 1.54) is 20.3 Å². The quantitative estimate of drug-likeness (QED) is 0.324. The topological polar surface area (TPSA) is 87.0 Å². The molecule has 0 aliphatic rings. The second-order valence-corrected chi connectivity index (χ2v) is 7.79.